The van der Waals surface area contributed by atoms with Crippen molar-refractivity contribution < 1.29 is 32.2 Å². The van der Waals surface area contributed by atoms with Crippen LogP contribution in [0.3, 0.4) is 0 Å². The zero-order valence-corrected chi connectivity index (χ0v) is 13.7. The number of amides is 1. The van der Waals surface area contributed by atoms with E-state index >= 15 is 0 Å². The Labute approximate surface area is 149 Å². The average molecular weight is 385 g/mol. The lowest BCUT2D eigenvalue weighted by Gasteiger charge is -2.08. The predicted molar refractivity (Wildman–Crippen MR) is 83.7 cm³/mol. The molecule has 0 unspecified atom stereocenters. The van der Waals surface area contributed by atoms with E-state index in [2.05, 4.69) is 15.0 Å². The fourth-order valence-electron chi connectivity index (χ4n) is 1.61. The zero-order chi connectivity index (χ0) is 19.2. The first-order valence-corrected chi connectivity index (χ1v) is 7.76. The maximum atomic E-state index is 12.0. The number of thiophene rings is 1. The van der Waals surface area contributed by atoms with E-state index in [4.69, 9.17) is 10.00 Å². The minimum absolute atomic E-state index is 0.0639. The first-order valence-electron chi connectivity index (χ1n) is 6.88. The number of nitrogens with zero attached hydrogens (tertiary/aromatic N) is 2. The molecule has 136 valence electrons. The van der Waals surface area contributed by atoms with Crippen LogP contribution in [0.25, 0.3) is 0 Å². The van der Waals surface area contributed by atoms with Crippen molar-refractivity contribution in [2.45, 2.75) is 6.18 Å². The Bertz CT molecular complexity index is 828. The largest absolute Gasteiger partial charge is 0.468 e. The minimum Gasteiger partial charge on any atom is -0.468 e. The maximum Gasteiger partial charge on any atom is 0.422 e. The van der Waals surface area contributed by atoms with Crippen molar-refractivity contribution in [3.8, 4) is 11.9 Å². The summed E-state index contributed by atoms with van der Waals surface area (Å²) < 4.78 is 45.3. The van der Waals surface area contributed by atoms with Crippen LogP contribution in [-0.4, -0.2) is 36.3 Å². The van der Waals surface area contributed by atoms with E-state index in [0.29, 0.717) is 5.00 Å². The number of hydrogen-bond acceptors (Lipinski definition) is 7. The van der Waals surface area contributed by atoms with Gasteiger partial charge in [-0.25, -0.2) is 9.78 Å². The quantitative estimate of drug-likeness (QED) is 0.768. The third-order valence-electron chi connectivity index (χ3n) is 2.73. The summed E-state index contributed by atoms with van der Waals surface area (Å²) in [5.74, 6) is -1.84. The molecule has 0 atom stereocenters. The highest BCUT2D eigenvalue weighted by Crippen LogP contribution is 2.22. The van der Waals surface area contributed by atoms with E-state index in [1.54, 1.807) is 5.38 Å². The number of anilines is 1. The van der Waals surface area contributed by atoms with Crippen LogP contribution in [0, 0.1) is 11.3 Å². The molecule has 0 radical (unpaired) electrons. The summed E-state index contributed by atoms with van der Waals surface area (Å²) in [4.78, 5) is 27.1. The average Bonchev–Trinajstić information content (AvgIpc) is 3.04. The van der Waals surface area contributed by atoms with Gasteiger partial charge in [0.05, 0.1) is 11.1 Å². The van der Waals surface area contributed by atoms with Crippen LogP contribution < -0.4 is 10.1 Å². The number of ether oxygens (including phenoxy) is 2. The summed E-state index contributed by atoms with van der Waals surface area (Å²) in [6, 6.07) is 5.66. The molecule has 7 nitrogen and oxygen atoms in total. The highest BCUT2D eigenvalue weighted by Gasteiger charge is 2.28. The monoisotopic (exact) mass is 385 g/mol. The maximum absolute atomic E-state index is 12.0. The van der Waals surface area contributed by atoms with Crippen molar-refractivity contribution in [1.82, 2.24) is 4.98 Å². The fourth-order valence-corrected chi connectivity index (χ4v) is 2.37. The van der Waals surface area contributed by atoms with E-state index in [0.717, 1.165) is 29.7 Å². The Balaban J connectivity index is 1.84. The number of hydrogen-bond donors (Lipinski definition) is 1. The standard InChI is InChI=1S/C15H10F3N3O4S/c16-15(17,18)8-25-12-2-1-10(6-20-12)14(23)24-7-11(22)21-13-9(5-19)3-4-26-13/h1-4,6H,7-8H2,(H,21,22). The van der Waals surface area contributed by atoms with Crippen LogP contribution in [-0.2, 0) is 9.53 Å². The van der Waals surface area contributed by atoms with Gasteiger partial charge in [0.15, 0.2) is 13.2 Å². The SMILES string of the molecule is N#Cc1ccsc1NC(=O)COC(=O)c1ccc(OCC(F)(F)F)nc1. The number of carbonyl (C=O) groups is 2. The Morgan fingerprint density at radius 2 is 2.08 bits per heavy atom. The predicted octanol–water partition coefficient (Wildman–Crippen LogP) is 2.75. The third-order valence-corrected chi connectivity index (χ3v) is 3.56. The molecular formula is C15H10F3N3O4S. The van der Waals surface area contributed by atoms with Gasteiger partial charge in [-0.05, 0) is 17.5 Å². The molecule has 0 aliphatic carbocycles. The summed E-state index contributed by atoms with van der Waals surface area (Å²) in [6.07, 6.45) is -3.53. The lowest BCUT2D eigenvalue weighted by molar-refractivity contribution is -0.154. The smallest absolute Gasteiger partial charge is 0.422 e. The van der Waals surface area contributed by atoms with Gasteiger partial charge in [-0.2, -0.15) is 18.4 Å². The summed E-state index contributed by atoms with van der Waals surface area (Å²) >= 11 is 1.14. The van der Waals surface area contributed by atoms with E-state index in [9.17, 15) is 22.8 Å². The van der Waals surface area contributed by atoms with Gasteiger partial charge < -0.3 is 14.8 Å². The molecule has 1 amide bonds. The van der Waals surface area contributed by atoms with Gasteiger partial charge in [-0.3, -0.25) is 4.79 Å². The minimum atomic E-state index is -4.50. The number of pyridine rings is 1. The Hall–Kier alpha value is -3.13. The summed E-state index contributed by atoms with van der Waals surface area (Å²) in [5.41, 5.74) is 0.222. The molecule has 0 saturated heterocycles. The number of halogens is 3. The van der Waals surface area contributed by atoms with Gasteiger partial charge in [0.2, 0.25) is 5.88 Å². The number of carbonyl (C=O) groups excluding carboxylic acids is 2. The van der Waals surface area contributed by atoms with Gasteiger partial charge in [0.25, 0.3) is 5.91 Å². The molecule has 2 aromatic heterocycles. The summed E-state index contributed by atoms with van der Waals surface area (Å²) in [5, 5.41) is 13.2. The highest BCUT2D eigenvalue weighted by atomic mass is 32.1. The number of nitrogens with one attached hydrogen (secondary N) is 1. The van der Waals surface area contributed by atoms with Crippen LogP contribution >= 0.6 is 11.3 Å². The normalized spacial score (nSPS) is 10.7. The van der Waals surface area contributed by atoms with Crippen LogP contribution in [0.15, 0.2) is 29.8 Å². The fraction of sp³-hybridized carbons (Fsp3) is 0.200. The first kappa shape index (κ1) is 19.2. The second-order valence-corrected chi connectivity index (χ2v) is 5.60. The Kier molecular flexibility index (Phi) is 6.13. The molecule has 2 rings (SSSR count). The van der Waals surface area contributed by atoms with Crippen molar-refractivity contribution in [2.24, 2.45) is 0 Å². The molecule has 0 spiro atoms. The molecule has 0 saturated carbocycles. The first-order chi connectivity index (χ1) is 12.3. The van der Waals surface area contributed by atoms with Crippen LogP contribution in [0.2, 0.25) is 0 Å². The van der Waals surface area contributed by atoms with Gasteiger partial charge >= 0.3 is 12.1 Å². The highest BCUT2D eigenvalue weighted by molar-refractivity contribution is 7.14. The molecule has 11 heteroatoms. The lowest BCUT2D eigenvalue weighted by atomic mass is 10.3. The molecule has 2 heterocycles. The molecule has 0 aliphatic heterocycles. The number of alkyl halides is 3. The van der Waals surface area contributed by atoms with Crippen LogP contribution in [0.1, 0.15) is 15.9 Å². The van der Waals surface area contributed by atoms with E-state index in [1.165, 1.54) is 6.07 Å². The molecule has 0 aliphatic rings. The van der Waals surface area contributed by atoms with Crippen molar-refractivity contribution in [2.75, 3.05) is 18.5 Å². The van der Waals surface area contributed by atoms with Gasteiger partial charge in [-0.1, -0.05) is 0 Å². The number of esters is 1. The van der Waals surface area contributed by atoms with Crippen molar-refractivity contribution in [1.29, 1.82) is 5.26 Å². The number of rotatable bonds is 6. The third kappa shape index (κ3) is 5.75. The van der Waals surface area contributed by atoms with Gasteiger partial charge in [0, 0.05) is 12.3 Å². The Morgan fingerprint density at radius 3 is 2.69 bits per heavy atom. The van der Waals surface area contributed by atoms with Crippen molar-refractivity contribution in [3.63, 3.8) is 0 Å². The topological polar surface area (TPSA) is 101 Å². The Morgan fingerprint density at radius 1 is 1.31 bits per heavy atom. The van der Waals surface area contributed by atoms with Crippen molar-refractivity contribution >= 4 is 28.2 Å². The van der Waals surface area contributed by atoms with E-state index < -0.39 is 31.3 Å². The summed E-state index contributed by atoms with van der Waals surface area (Å²) in [6.45, 7) is -2.11. The van der Waals surface area contributed by atoms with Crippen LogP contribution in [0.5, 0.6) is 5.88 Å². The van der Waals surface area contributed by atoms with Gasteiger partial charge in [-0.15, -0.1) is 11.3 Å². The zero-order valence-electron chi connectivity index (χ0n) is 12.9. The van der Waals surface area contributed by atoms with E-state index in [1.807, 2.05) is 6.07 Å². The molecule has 1 N–H and O–H groups in total. The molecule has 0 aromatic carbocycles. The summed E-state index contributed by atoms with van der Waals surface area (Å²) in [7, 11) is 0. The molecule has 2 aromatic rings. The molecule has 0 bridgehead atoms. The second-order valence-electron chi connectivity index (χ2n) is 4.69. The number of nitriles is 1. The second kappa shape index (κ2) is 8.30. The number of aromatic nitrogens is 1. The van der Waals surface area contributed by atoms with Crippen LogP contribution in [0.4, 0.5) is 18.2 Å². The van der Waals surface area contributed by atoms with E-state index in [-0.39, 0.29) is 17.0 Å². The lowest BCUT2D eigenvalue weighted by Crippen LogP contribution is -2.21. The van der Waals surface area contributed by atoms with Crippen molar-refractivity contribution in [3.05, 3.63) is 40.9 Å². The van der Waals surface area contributed by atoms with Gasteiger partial charge in [0.1, 0.15) is 11.1 Å². The molecular weight excluding hydrogens is 375 g/mol. The molecule has 26 heavy (non-hydrogen) atoms. The molecule has 0 fully saturated rings.